The minimum absolute atomic E-state index is 0.0148. The number of thiazole rings is 1. The fraction of sp³-hybridized carbons (Fsp3) is 0.286. The fourth-order valence-electron chi connectivity index (χ4n) is 0.552. The molecule has 0 aromatic carbocycles. The number of nitrogens with zero attached hydrogens (tertiary/aromatic N) is 1. The standard InChI is InChI=1S/C7H7NOS2/c9-4-6-5-11-7(8-6)2-1-3-10/h5,9-10H,3-4H2. The van der Waals surface area contributed by atoms with Gasteiger partial charge in [-0.2, -0.15) is 12.6 Å². The molecular weight excluding hydrogens is 178 g/mol. The van der Waals surface area contributed by atoms with E-state index in [2.05, 4.69) is 29.5 Å². The maximum Gasteiger partial charge on any atom is 0.167 e. The zero-order chi connectivity index (χ0) is 8.10. The highest BCUT2D eigenvalue weighted by Crippen LogP contribution is 2.07. The van der Waals surface area contributed by atoms with Crippen LogP contribution in [0.4, 0.5) is 0 Å². The molecule has 0 radical (unpaired) electrons. The van der Waals surface area contributed by atoms with Crippen LogP contribution >= 0.6 is 24.0 Å². The van der Waals surface area contributed by atoms with Crippen LogP contribution in [0.15, 0.2) is 5.38 Å². The van der Waals surface area contributed by atoms with Gasteiger partial charge in [0.15, 0.2) is 5.01 Å². The third-order valence-corrected chi connectivity index (χ3v) is 1.95. The molecule has 0 bridgehead atoms. The lowest BCUT2D eigenvalue weighted by Gasteiger charge is -1.80. The van der Waals surface area contributed by atoms with Crippen LogP contribution in [-0.2, 0) is 6.61 Å². The van der Waals surface area contributed by atoms with Gasteiger partial charge in [-0.1, -0.05) is 5.92 Å². The third kappa shape index (κ3) is 2.54. The Balaban J connectivity index is 2.72. The Morgan fingerprint density at radius 1 is 1.73 bits per heavy atom. The van der Waals surface area contributed by atoms with Crippen molar-refractivity contribution in [1.82, 2.24) is 4.98 Å². The summed E-state index contributed by atoms with van der Waals surface area (Å²) in [6.07, 6.45) is 0. The van der Waals surface area contributed by atoms with E-state index in [1.165, 1.54) is 11.3 Å². The molecule has 0 amide bonds. The summed E-state index contributed by atoms with van der Waals surface area (Å²) >= 11 is 5.37. The minimum atomic E-state index is -0.0148. The topological polar surface area (TPSA) is 33.1 Å². The molecule has 1 rings (SSSR count). The van der Waals surface area contributed by atoms with E-state index in [1.54, 1.807) is 5.38 Å². The molecule has 1 aromatic rings. The molecule has 11 heavy (non-hydrogen) atoms. The second-order valence-electron chi connectivity index (χ2n) is 1.76. The maximum absolute atomic E-state index is 8.66. The summed E-state index contributed by atoms with van der Waals surface area (Å²) in [6.45, 7) is -0.0148. The molecule has 2 nitrogen and oxygen atoms in total. The fourth-order valence-corrected chi connectivity index (χ4v) is 1.31. The normalized spacial score (nSPS) is 8.91. The zero-order valence-corrected chi connectivity index (χ0v) is 7.45. The minimum Gasteiger partial charge on any atom is -0.390 e. The van der Waals surface area contributed by atoms with Crippen molar-refractivity contribution < 1.29 is 5.11 Å². The van der Waals surface area contributed by atoms with Gasteiger partial charge < -0.3 is 5.11 Å². The van der Waals surface area contributed by atoms with Crippen molar-refractivity contribution in [1.29, 1.82) is 0 Å². The van der Waals surface area contributed by atoms with E-state index in [0.29, 0.717) is 11.4 Å². The molecule has 1 aromatic heterocycles. The first-order valence-electron chi connectivity index (χ1n) is 3.02. The van der Waals surface area contributed by atoms with Crippen molar-refractivity contribution in [3.63, 3.8) is 0 Å². The first-order valence-corrected chi connectivity index (χ1v) is 4.53. The van der Waals surface area contributed by atoms with Crippen LogP contribution in [0.3, 0.4) is 0 Å². The number of hydrogen-bond acceptors (Lipinski definition) is 4. The van der Waals surface area contributed by atoms with Crippen LogP contribution in [-0.4, -0.2) is 15.8 Å². The van der Waals surface area contributed by atoms with Crippen molar-refractivity contribution >= 4 is 24.0 Å². The number of aliphatic hydroxyl groups is 1. The molecule has 0 aliphatic heterocycles. The smallest absolute Gasteiger partial charge is 0.167 e. The molecule has 4 heteroatoms. The van der Waals surface area contributed by atoms with Crippen LogP contribution in [0.5, 0.6) is 0 Å². The van der Waals surface area contributed by atoms with Gasteiger partial charge in [-0.05, 0) is 5.92 Å². The van der Waals surface area contributed by atoms with Crippen LogP contribution in [0.25, 0.3) is 0 Å². The molecule has 0 fully saturated rings. The van der Waals surface area contributed by atoms with E-state index < -0.39 is 0 Å². The molecule has 0 spiro atoms. The molecule has 0 aliphatic rings. The number of thiol groups is 1. The lowest BCUT2D eigenvalue weighted by Crippen LogP contribution is -1.81. The van der Waals surface area contributed by atoms with E-state index in [-0.39, 0.29) is 6.61 Å². The van der Waals surface area contributed by atoms with Gasteiger partial charge in [0.1, 0.15) is 0 Å². The average Bonchev–Trinajstić information content (AvgIpc) is 2.48. The SMILES string of the molecule is OCc1csc(C#CCS)n1. The Kier molecular flexibility index (Phi) is 3.43. The van der Waals surface area contributed by atoms with Gasteiger partial charge in [-0.15, -0.1) is 11.3 Å². The molecule has 0 aliphatic carbocycles. The Hall–Kier alpha value is -0.500. The highest BCUT2D eigenvalue weighted by molar-refractivity contribution is 7.80. The lowest BCUT2D eigenvalue weighted by atomic mass is 10.5. The number of rotatable bonds is 1. The van der Waals surface area contributed by atoms with E-state index in [4.69, 9.17) is 5.11 Å². The summed E-state index contributed by atoms with van der Waals surface area (Å²) in [7, 11) is 0. The monoisotopic (exact) mass is 185 g/mol. The zero-order valence-electron chi connectivity index (χ0n) is 5.74. The van der Waals surface area contributed by atoms with Gasteiger partial charge in [0.25, 0.3) is 0 Å². The van der Waals surface area contributed by atoms with E-state index in [0.717, 1.165) is 5.01 Å². The predicted octanol–water partition coefficient (Wildman–Crippen LogP) is 0.917. The first-order chi connectivity index (χ1) is 5.36. The van der Waals surface area contributed by atoms with Crippen LogP contribution in [0.2, 0.25) is 0 Å². The van der Waals surface area contributed by atoms with Crippen molar-refractivity contribution in [2.24, 2.45) is 0 Å². The first kappa shape index (κ1) is 8.60. The summed E-state index contributed by atoms with van der Waals surface area (Å²) in [5.41, 5.74) is 0.679. The van der Waals surface area contributed by atoms with E-state index >= 15 is 0 Å². The molecule has 0 saturated heterocycles. The quantitative estimate of drug-likeness (QED) is 0.504. The molecule has 0 saturated carbocycles. The van der Waals surface area contributed by atoms with Crippen LogP contribution < -0.4 is 0 Å². The molecule has 58 valence electrons. The van der Waals surface area contributed by atoms with Crippen molar-refractivity contribution in [2.45, 2.75) is 6.61 Å². The molecular formula is C7H7NOS2. The average molecular weight is 185 g/mol. The summed E-state index contributed by atoms with van der Waals surface area (Å²) in [5, 5.41) is 11.2. The second-order valence-corrected chi connectivity index (χ2v) is 2.94. The number of aliphatic hydroxyl groups excluding tert-OH is 1. The van der Waals surface area contributed by atoms with Gasteiger partial charge in [0.05, 0.1) is 18.1 Å². The molecule has 1 heterocycles. The Morgan fingerprint density at radius 2 is 2.55 bits per heavy atom. The Morgan fingerprint density at radius 3 is 3.09 bits per heavy atom. The maximum atomic E-state index is 8.66. The van der Waals surface area contributed by atoms with E-state index in [9.17, 15) is 0 Å². The van der Waals surface area contributed by atoms with Crippen molar-refractivity contribution in [3.8, 4) is 11.8 Å². The van der Waals surface area contributed by atoms with Crippen molar-refractivity contribution in [2.75, 3.05) is 5.75 Å². The van der Waals surface area contributed by atoms with Gasteiger partial charge in [-0.25, -0.2) is 4.98 Å². The summed E-state index contributed by atoms with van der Waals surface area (Å²) in [5.74, 6) is 6.14. The van der Waals surface area contributed by atoms with Crippen LogP contribution in [0, 0.1) is 11.8 Å². The lowest BCUT2D eigenvalue weighted by molar-refractivity contribution is 0.277. The summed E-state index contributed by atoms with van der Waals surface area (Å²) in [6, 6.07) is 0. The summed E-state index contributed by atoms with van der Waals surface area (Å²) < 4.78 is 0. The Bertz CT molecular complexity index is 284. The largest absolute Gasteiger partial charge is 0.390 e. The predicted molar refractivity (Wildman–Crippen MR) is 48.8 cm³/mol. The van der Waals surface area contributed by atoms with E-state index in [1.807, 2.05) is 0 Å². The molecule has 0 unspecified atom stereocenters. The van der Waals surface area contributed by atoms with Gasteiger partial charge in [0, 0.05) is 5.38 Å². The molecule has 0 atom stereocenters. The van der Waals surface area contributed by atoms with Gasteiger partial charge in [-0.3, -0.25) is 0 Å². The second kappa shape index (κ2) is 4.39. The van der Waals surface area contributed by atoms with Crippen LogP contribution in [0.1, 0.15) is 10.7 Å². The molecule has 1 N–H and O–H groups in total. The van der Waals surface area contributed by atoms with Crippen molar-refractivity contribution in [3.05, 3.63) is 16.1 Å². The number of aromatic nitrogens is 1. The number of hydrogen-bond donors (Lipinski definition) is 2. The highest BCUT2D eigenvalue weighted by atomic mass is 32.1. The van der Waals surface area contributed by atoms with Gasteiger partial charge >= 0.3 is 0 Å². The van der Waals surface area contributed by atoms with Gasteiger partial charge in [0.2, 0.25) is 0 Å². The Labute approximate surface area is 74.7 Å². The highest BCUT2D eigenvalue weighted by Gasteiger charge is 1.95. The third-order valence-electron chi connectivity index (χ3n) is 0.988. The summed E-state index contributed by atoms with van der Waals surface area (Å²) in [4.78, 5) is 4.03.